The number of nitrogens with one attached hydrogen (secondary N) is 1. The first-order valence-corrected chi connectivity index (χ1v) is 7.46. The predicted molar refractivity (Wildman–Crippen MR) is 81.2 cm³/mol. The molecule has 1 fully saturated rings. The van der Waals surface area contributed by atoms with Crippen LogP contribution in [0.5, 0.6) is 5.75 Å². The van der Waals surface area contributed by atoms with E-state index in [4.69, 9.17) is 22.1 Å². The van der Waals surface area contributed by atoms with Crippen molar-refractivity contribution < 1.29 is 9.53 Å². The van der Waals surface area contributed by atoms with E-state index >= 15 is 0 Å². The van der Waals surface area contributed by atoms with Crippen molar-refractivity contribution in [2.45, 2.75) is 38.6 Å². The van der Waals surface area contributed by atoms with E-state index in [9.17, 15) is 4.79 Å². The minimum atomic E-state index is 0.00379. The SMILES string of the molecule is CCOc1ccc(NC(=O)C2CCCC(N)C2)cc1Cl. The van der Waals surface area contributed by atoms with Gasteiger partial charge in [0.05, 0.1) is 11.6 Å². The quantitative estimate of drug-likeness (QED) is 0.897. The molecule has 0 aromatic heterocycles. The number of amides is 1. The lowest BCUT2D eigenvalue weighted by Gasteiger charge is -2.25. The number of halogens is 1. The number of nitrogens with two attached hydrogens (primary N) is 1. The summed E-state index contributed by atoms with van der Waals surface area (Å²) in [6.07, 6.45) is 3.70. The van der Waals surface area contributed by atoms with Gasteiger partial charge in [0.25, 0.3) is 0 Å². The summed E-state index contributed by atoms with van der Waals surface area (Å²) in [6, 6.07) is 5.43. The molecule has 20 heavy (non-hydrogen) atoms. The number of hydrogen-bond acceptors (Lipinski definition) is 3. The van der Waals surface area contributed by atoms with Crippen LogP contribution in [0.15, 0.2) is 18.2 Å². The van der Waals surface area contributed by atoms with Gasteiger partial charge in [-0.1, -0.05) is 18.0 Å². The van der Waals surface area contributed by atoms with Crippen LogP contribution < -0.4 is 15.8 Å². The number of benzene rings is 1. The van der Waals surface area contributed by atoms with Crippen LogP contribution in [-0.2, 0) is 4.79 Å². The average Bonchev–Trinajstić information content (AvgIpc) is 2.42. The lowest BCUT2D eigenvalue weighted by Crippen LogP contribution is -2.34. The van der Waals surface area contributed by atoms with E-state index in [-0.39, 0.29) is 17.9 Å². The van der Waals surface area contributed by atoms with Crippen molar-refractivity contribution in [3.8, 4) is 5.75 Å². The first kappa shape index (κ1) is 15.1. The molecule has 0 aliphatic heterocycles. The molecule has 2 rings (SSSR count). The summed E-state index contributed by atoms with van der Waals surface area (Å²) >= 11 is 6.10. The number of hydrogen-bond donors (Lipinski definition) is 2. The third-order valence-electron chi connectivity index (χ3n) is 3.58. The van der Waals surface area contributed by atoms with Gasteiger partial charge in [-0.05, 0) is 44.4 Å². The van der Waals surface area contributed by atoms with Crippen molar-refractivity contribution in [1.29, 1.82) is 0 Å². The Bertz CT molecular complexity index is 479. The zero-order valence-electron chi connectivity index (χ0n) is 11.7. The minimum Gasteiger partial charge on any atom is -0.492 e. The standard InChI is InChI=1S/C15H21ClN2O2/c1-2-20-14-7-6-12(9-13(14)16)18-15(19)10-4-3-5-11(17)8-10/h6-7,9-11H,2-5,8,17H2,1H3,(H,18,19). The second-order valence-electron chi connectivity index (χ2n) is 5.19. The molecule has 3 N–H and O–H groups in total. The maximum Gasteiger partial charge on any atom is 0.227 e. The molecule has 0 heterocycles. The van der Waals surface area contributed by atoms with E-state index in [1.165, 1.54) is 0 Å². The third kappa shape index (κ3) is 3.87. The van der Waals surface area contributed by atoms with Crippen LogP contribution in [0.2, 0.25) is 5.02 Å². The topological polar surface area (TPSA) is 64.3 Å². The summed E-state index contributed by atoms with van der Waals surface area (Å²) in [7, 11) is 0. The van der Waals surface area contributed by atoms with Crippen LogP contribution in [-0.4, -0.2) is 18.6 Å². The zero-order chi connectivity index (χ0) is 14.5. The highest BCUT2D eigenvalue weighted by atomic mass is 35.5. The third-order valence-corrected chi connectivity index (χ3v) is 3.88. The molecular weight excluding hydrogens is 276 g/mol. The van der Waals surface area contributed by atoms with E-state index in [2.05, 4.69) is 5.32 Å². The Hall–Kier alpha value is -1.26. The lowest BCUT2D eigenvalue weighted by atomic mass is 9.85. The Morgan fingerprint density at radius 3 is 2.95 bits per heavy atom. The molecule has 110 valence electrons. The summed E-state index contributed by atoms with van der Waals surface area (Å²) in [6.45, 7) is 2.46. The van der Waals surface area contributed by atoms with E-state index in [1.54, 1.807) is 18.2 Å². The molecule has 1 aromatic carbocycles. The van der Waals surface area contributed by atoms with Crippen molar-refractivity contribution in [2.24, 2.45) is 11.7 Å². The van der Waals surface area contributed by atoms with Crippen LogP contribution in [0.25, 0.3) is 0 Å². The van der Waals surface area contributed by atoms with Crippen molar-refractivity contribution in [3.63, 3.8) is 0 Å². The fraction of sp³-hybridized carbons (Fsp3) is 0.533. The highest BCUT2D eigenvalue weighted by molar-refractivity contribution is 6.32. The summed E-state index contributed by atoms with van der Waals surface area (Å²) in [4.78, 5) is 12.2. The maximum absolute atomic E-state index is 12.2. The Kier molecular flexibility index (Phi) is 5.26. The largest absolute Gasteiger partial charge is 0.492 e. The van der Waals surface area contributed by atoms with Crippen molar-refractivity contribution >= 4 is 23.2 Å². The summed E-state index contributed by atoms with van der Waals surface area (Å²) in [5, 5.41) is 3.41. The van der Waals surface area contributed by atoms with Crippen LogP contribution >= 0.6 is 11.6 Å². The second kappa shape index (κ2) is 6.95. The van der Waals surface area contributed by atoms with E-state index in [1.807, 2.05) is 6.92 Å². The van der Waals surface area contributed by atoms with Gasteiger partial charge in [0.15, 0.2) is 0 Å². The van der Waals surface area contributed by atoms with Gasteiger partial charge in [0.1, 0.15) is 5.75 Å². The lowest BCUT2D eigenvalue weighted by molar-refractivity contribution is -0.120. The van der Waals surface area contributed by atoms with E-state index in [0.717, 1.165) is 25.7 Å². The monoisotopic (exact) mass is 296 g/mol. The highest BCUT2D eigenvalue weighted by Crippen LogP contribution is 2.29. The molecule has 2 unspecified atom stereocenters. The van der Waals surface area contributed by atoms with Crippen molar-refractivity contribution in [2.75, 3.05) is 11.9 Å². The first-order valence-electron chi connectivity index (χ1n) is 7.09. The number of rotatable bonds is 4. The Morgan fingerprint density at radius 2 is 2.30 bits per heavy atom. The van der Waals surface area contributed by atoms with Crippen molar-refractivity contribution in [1.82, 2.24) is 0 Å². The van der Waals surface area contributed by atoms with Gasteiger partial charge in [-0.2, -0.15) is 0 Å². The smallest absolute Gasteiger partial charge is 0.227 e. The fourth-order valence-corrected chi connectivity index (χ4v) is 2.80. The maximum atomic E-state index is 12.2. The molecule has 1 aliphatic carbocycles. The normalized spacial score (nSPS) is 22.4. The average molecular weight is 297 g/mol. The number of carbonyl (C=O) groups is 1. The molecular formula is C15H21ClN2O2. The predicted octanol–water partition coefficient (Wildman–Crippen LogP) is 3.19. The Morgan fingerprint density at radius 1 is 1.50 bits per heavy atom. The highest BCUT2D eigenvalue weighted by Gasteiger charge is 2.25. The van der Waals surface area contributed by atoms with Gasteiger partial charge in [-0.25, -0.2) is 0 Å². The molecule has 1 saturated carbocycles. The molecule has 1 aliphatic rings. The van der Waals surface area contributed by atoms with Gasteiger partial charge in [-0.3, -0.25) is 4.79 Å². The molecule has 0 spiro atoms. The second-order valence-corrected chi connectivity index (χ2v) is 5.60. The molecule has 5 heteroatoms. The summed E-state index contributed by atoms with van der Waals surface area (Å²) in [5.41, 5.74) is 6.61. The number of anilines is 1. The Balaban J connectivity index is 1.98. The fourth-order valence-electron chi connectivity index (χ4n) is 2.56. The number of carbonyl (C=O) groups excluding carboxylic acids is 1. The van der Waals surface area contributed by atoms with Crippen LogP contribution in [0.1, 0.15) is 32.6 Å². The van der Waals surface area contributed by atoms with Crippen molar-refractivity contribution in [3.05, 3.63) is 23.2 Å². The van der Waals surface area contributed by atoms with Gasteiger partial charge < -0.3 is 15.8 Å². The van der Waals surface area contributed by atoms with Crippen LogP contribution in [0.3, 0.4) is 0 Å². The van der Waals surface area contributed by atoms with Crippen LogP contribution in [0, 0.1) is 5.92 Å². The minimum absolute atomic E-state index is 0.00379. The van der Waals surface area contributed by atoms with E-state index < -0.39 is 0 Å². The van der Waals surface area contributed by atoms with Gasteiger partial charge in [-0.15, -0.1) is 0 Å². The first-order chi connectivity index (χ1) is 9.60. The van der Waals surface area contributed by atoms with E-state index in [0.29, 0.717) is 23.1 Å². The molecule has 0 saturated heterocycles. The van der Waals surface area contributed by atoms with Gasteiger partial charge in [0, 0.05) is 17.6 Å². The molecule has 2 atom stereocenters. The zero-order valence-corrected chi connectivity index (χ0v) is 12.5. The molecule has 4 nitrogen and oxygen atoms in total. The summed E-state index contributed by atoms with van der Waals surface area (Å²) in [5.74, 6) is 0.663. The molecule has 0 radical (unpaired) electrons. The molecule has 0 bridgehead atoms. The van der Waals surface area contributed by atoms with Gasteiger partial charge in [0.2, 0.25) is 5.91 Å². The molecule has 1 amide bonds. The molecule has 1 aromatic rings. The summed E-state index contributed by atoms with van der Waals surface area (Å²) < 4.78 is 5.37. The van der Waals surface area contributed by atoms with Gasteiger partial charge >= 0.3 is 0 Å². The number of ether oxygens (including phenoxy) is 1. The Labute approximate surface area is 124 Å². The van der Waals surface area contributed by atoms with Crippen LogP contribution in [0.4, 0.5) is 5.69 Å².